The summed E-state index contributed by atoms with van der Waals surface area (Å²) in [7, 11) is 0. The summed E-state index contributed by atoms with van der Waals surface area (Å²) in [5.41, 5.74) is 0.403. The van der Waals surface area contributed by atoms with E-state index in [4.69, 9.17) is 0 Å². The molecular formula is C10H19OPr. The molecule has 68 valence electrons. The van der Waals surface area contributed by atoms with Gasteiger partial charge in [0, 0.05) is 0 Å². The second-order valence-corrected chi connectivity index (χ2v) is 6.14. The molecule has 1 rings (SSSR count). The zero-order chi connectivity index (χ0) is 9.03. The topological polar surface area (TPSA) is 20.2 Å². The van der Waals surface area contributed by atoms with Gasteiger partial charge in [0.2, 0.25) is 0 Å². The van der Waals surface area contributed by atoms with Crippen molar-refractivity contribution in [2.24, 2.45) is 5.41 Å². The third kappa shape index (κ3) is 2.65. The summed E-state index contributed by atoms with van der Waals surface area (Å²) >= 11 is 0.761. The van der Waals surface area contributed by atoms with Crippen LogP contribution in [-0.2, 0) is 0 Å². The third-order valence-electron chi connectivity index (χ3n) is 3.25. The summed E-state index contributed by atoms with van der Waals surface area (Å²) < 4.78 is 0.0862. The van der Waals surface area contributed by atoms with Gasteiger partial charge < -0.3 is 0 Å². The molecule has 1 fully saturated rings. The van der Waals surface area contributed by atoms with E-state index in [-0.39, 0.29) is 1.69 Å². The number of rotatable bonds is 5. The SMILES string of the molecule is CCCCCC1([CH](O)[Pr])CCC1. The zero-order valence-electron chi connectivity index (χ0n) is 8.05. The maximum atomic E-state index is 9.70. The number of hydrogen-bond donors (Lipinski definition) is 1. The molecule has 1 unspecified atom stereocenters. The molecule has 0 heterocycles. The average molecular weight is 296 g/mol. The Kier molecular flexibility index (Phi) is 5.00. The van der Waals surface area contributed by atoms with Crippen LogP contribution in [0.25, 0.3) is 0 Å². The molecule has 0 amide bonds. The Morgan fingerprint density at radius 1 is 1.42 bits per heavy atom. The first-order valence-corrected chi connectivity index (χ1v) is 7.29. The molecule has 1 saturated carbocycles. The second kappa shape index (κ2) is 5.27. The molecule has 0 aromatic carbocycles. The third-order valence-corrected chi connectivity index (χ3v) is 5.52. The quantitative estimate of drug-likeness (QED) is 0.773. The van der Waals surface area contributed by atoms with Crippen molar-refractivity contribution in [1.82, 2.24) is 0 Å². The first-order chi connectivity index (χ1) is 5.71. The van der Waals surface area contributed by atoms with Crippen molar-refractivity contribution in [2.45, 2.75) is 53.6 Å². The van der Waals surface area contributed by atoms with Gasteiger partial charge in [0.15, 0.2) is 0 Å². The molecule has 1 aliphatic carbocycles. The fraction of sp³-hybridized carbons (Fsp3) is 1.00. The molecule has 0 aromatic rings. The molecule has 0 saturated heterocycles. The fourth-order valence-electron chi connectivity index (χ4n) is 2.05. The van der Waals surface area contributed by atoms with Gasteiger partial charge in [-0.25, -0.2) is 0 Å². The van der Waals surface area contributed by atoms with E-state index >= 15 is 0 Å². The normalized spacial score (nSPS) is 23.1. The number of aliphatic hydroxyl groups excluding tert-OH is 1. The molecule has 2 heteroatoms. The van der Waals surface area contributed by atoms with Gasteiger partial charge in [0.1, 0.15) is 0 Å². The average Bonchev–Trinajstić information content (AvgIpc) is 1.94. The van der Waals surface area contributed by atoms with Crippen LogP contribution in [-0.4, -0.2) is 6.79 Å². The summed E-state index contributed by atoms with van der Waals surface area (Å²) in [5.74, 6) is 0. The zero-order valence-corrected chi connectivity index (χ0v) is 11.8. The Morgan fingerprint density at radius 3 is 2.42 bits per heavy atom. The Morgan fingerprint density at radius 2 is 2.08 bits per heavy atom. The van der Waals surface area contributed by atoms with Gasteiger partial charge in [-0.1, -0.05) is 0 Å². The minimum atomic E-state index is 0.0862. The fourth-order valence-corrected chi connectivity index (χ4v) is 3.66. The standard InChI is InChI=1S/C10H19O.Pr/c1-2-3-4-6-10(9-11)7-5-8-10;/h9,11H,2-8H2,1H3;. The van der Waals surface area contributed by atoms with E-state index in [2.05, 4.69) is 6.92 Å². The van der Waals surface area contributed by atoms with E-state index in [0.29, 0.717) is 5.41 Å². The number of unbranched alkanes of at least 4 members (excludes halogenated alkanes) is 2. The van der Waals surface area contributed by atoms with Crippen LogP contribution in [0.3, 0.4) is 0 Å². The van der Waals surface area contributed by atoms with E-state index in [9.17, 15) is 5.11 Å². The van der Waals surface area contributed by atoms with Crippen molar-refractivity contribution in [3.05, 3.63) is 0 Å². The Bertz CT molecular complexity index is 130. The number of aliphatic hydroxyl groups is 1. The molecule has 0 bridgehead atoms. The first kappa shape index (κ1) is 11.4. The van der Waals surface area contributed by atoms with Gasteiger partial charge >= 0.3 is 103 Å². The minimum absolute atomic E-state index is 0.0862. The summed E-state index contributed by atoms with van der Waals surface area (Å²) in [4.78, 5) is 0. The molecule has 1 nitrogen and oxygen atoms in total. The molecule has 1 atom stereocenters. The van der Waals surface area contributed by atoms with Crippen molar-refractivity contribution >= 4 is 0 Å². The Hall–Kier alpha value is 1.32. The monoisotopic (exact) mass is 296 g/mol. The van der Waals surface area contributed by atoms with Crippen LogP contribution in [0.2, 0.25) is 0 Å². The van der Waals surface area contributed by atoms with Gasteiger partial charge in [0.25, 0.3) is 0 Å². The molecule has 0 aliphatic heterocycles. The Balaban J connectivity index is 2.25. The number of hydrogen-bond acceptors (Lipinski definition) is 1. The van der Waals surface area contributed by atoms with Crippen LogP contribution in [0.5, 0.6) is 0 Å². The van der Waals surface area contributed by atoms with Crippen molar-refractivity contribution in [3.63, 3.8) is 0 Å². The van der Waals surface area contributed by atoms with Gasteiger partial charge in [-0.15, -0.1) is 0 Å². The van der Waals surface area contributed by atoms with E-state index in [1.54, 1.807) is 0 Å². The van der Waals surface area contributed by atoms with E-state index < -0.39 is 0 Å². The summed E-state index contributed by atoms with van der Waals surface area (Å²) in [6.45, 7) is 2.24. The summed E-state index contributed by atoms with van der Waals surface area (Å²) in [6.07, 6.45) is 9.23. The molecule has 0 radical (unpaired) electrons. The van der Waals surface area contributed by atoms with Crippen molar-refractivity contribution in [2.75, 3.05) is 0 Å². The summed E-state index contributed by atoms with van der Waals surface area (Å²) in [6, 6.07) is 0. The molecule has 1 aliphatic rings. The molecule has 0 spiro atoms. The van der Waals surface area contributed by atoms with Crippen molar-refractivity contribution in [1.29, 1.82) is 0 Å². The maximum absolute atomic E-state index is 9.70. The molecule has 0 aromatic heterocycles. The van der Waals surface area contributed by atoms with Crippen LogP contribution in [0.4, 0.5) is 0 Å². The van der Waals surface area contributed by atoms with E-state index in [1.807, 2.05) is 0 Å². The Labute approximate surface area is 102 Å². The van der Waals surface area contributed by atoms with Crippen LogP contribution < -0.4 is 0 Å². The van der Waals surface area contributed by atoms with Crippen LogP contribution in [0.1, 0.15) is 51.9 Å². The van der Waals surface area contributed by atoms with Gasteiger partial charge in [0.05, 0.1) is 0 Å². The van der Waals surface area contributed by atoms with Crippen molar-refractivity contribution < 1.29 is 44.3 Å². The molecule has 12 heavy (non-hydrogen) atoms. The molecular weight excluding hydrogens is 277 g/mol. The van der Waals surface area contributed by atoms with Crippen LogP contribution in [0.15, 0.2) is 0 Å². The van der Waals surface area contributed by atoms with Crippen LogP contribution >= 0.6 is 0 Å². The molecule has 1 N–H and O–H groups in total. The van der Waals surface area contributed by atoms with Gasteiger partial charge in [-0.3, -0.25) is 0 Å². The first-order valence-electron chi connectivity index (χ1n) is 5.15. The van der Waals surface area contributed by atoms with Gasteiger partial charge in [-0.05, 0) is 0 Å². The van der Waals surface area contributed by atoms with Gasteiger partial charge in [-0.2, -0.15) is 0 Å². The van der Waals surface area contributed by atoms with Crippen LogP contribution in [0, 0.1) is 44.6 Å². The van der Waals surface area contributed by atoms with Crippen molar-refractivity contribution in [3.8, 4) is 0 Å². The van der Waals surface area contributed by atoms with E-state index in [0.717, 1.165) is 39.2 Å². The summed E-state index contributed by atoms with van der Waals surface area (Å²) in [5, 5.41) is 9.70. The van der Waals surface area contributed by atoms with E-state index in [1.165, 1.54) is 44.9 Å². The predicted octanol–water partition coefficient (Wildman–Crippen LogP) is 2.60. The second-order valence-electron chi connectivity index (χ2n) is 4.12. The predicted molar refractivity (Wildman–Crippen MR) is 46.4 cm³/mol.